The maximum absolute atomic E-state index is 4.32. The monoisotopic (exact) mass is 322 g/mol. The fourth-order valence-corrected chi connectivity index (χ4v) is 2.75. The van der Waals surface area contributed by atoms with Crippen LogP contribution in [-0.2, 0) is 13.1 Å². The molecule has 0 bridgehead atoms. The molecule has 4 nitrogen and oxygen atoms in total. The van der Waals surface area contributed by atoms with Crippen molar-refractivity contribution in [2.24, 2.45) is 0 Å². The van der Waals surface area contributed by atoms with Crippen molar-refractivity contribution in [3.05, 3.63) is 51.3 Å². The summed E-state index contributed by atoms with van der Waals surface area (Å²) in [6.45, 7) is 1.66. The van der Waals surface area contributed by atoms with E-state index in [9.17, 15) is 0 Å². The number of hydrogen-bond acceptors (Lipinski definition) is 4. The number of rotatable bonds is 4. The van der Waals surface area contributed by atoms with Crippen LogP contribution in [0.15, 0.2) is 40.0 Å². The molecule has 0 radical (unpaired) electrons. The third kappa shape index (κ3) is 2.45. The van der Waals surface area contributed by atoms with Gasteiger partial charge in [-0.1, -0.05) is 0 Å². The standard InChI is InChI=1S/C12H11BrN4S/c13-11-7-17-10(5-16-12(17)6-15-11)4-14-3-9-1-2-18-8-9/h1-2,5-8,14H,3-4H2. The molecule has 3 rings (SSSR count). The predicted octanol–water partition coefficient (Wildman–Crippen LogP) is 2.84. The Hall–Kier alpha value is -1.24. The predicted molar refractivity (Wildman–Crippen MR) is 75.5 cm³/mol. The Morgan fingerprint density at radius 3 is 3.06 bits per heavy atom. The highest BCUT2D eigenvalue weighted by Gasteiger charge is 2.03. The van der Waals surface area contributed by atoms with E-state index in [0.717, 1.165) is 29.0 Å². The first kappa shape index (κ1) is 11.8. The second kappa shape index (κ2) is 5.17. The highest BCUT2D eigenvalue weighted by molar-refractivity contribution is 9.10. The van der Waals surface area contributed by atoms with E-state index >= 15 is 0 Å². The van der Waals surface area contributed by atoms with E-state index in [2.05, 4.69) is 48.0 Å². The Morgan fingerprint density at radius 1 is 1.28 bits per heavy atom. The summed E-state index contributed by atoms with van der Waals surface area (Å²) in [7, 11) is 0. The van der Waals surface area contributed by atoms with Crippen molar-refractivity contribution in [2.45, 2.75) is 13.1 Å². The molecule has 3 heterocycles. The Bertz CT molecular complexity index is 647. The van der Waals surface area contributed by atoms with Gasteiger partial charge in [-0.3, -0.25) is 4.40 Å². The quantitative estimate of drug-likeness (QED) is 0.803. The normalized spacial score (nSPS) is 11.2. The molecule has 6 heteroatoms. The Kier molecular flexibility index (Phi) is 3.40. The second-order valence-corrected chi connectivity index (χ2v) is 5.52. The highest BCUT2D eigenvalue weighted by Crippen LogP contribution is 2.11. The Labute approximate surface area is 117 Å². The fraction of sp³-hybridized carbons (Fsp3) is 0.167. The zero-order valence-corrected chi connectivity index (χ0v) is 11.9. The van der Waals surface area contributed by atoms with Crippen molar-refractivity contribution >= 4 is 32.9 Å². The second-order valence-electron chi connectivity index (χ2n) is 3.92. The van der Waals surface area contributed by atoms with Gasteiger partial charge < -0.3 is 5.32 Å². The SMILES string of the molecule is Brc1cn2c(CNCc3ccsc3)cnc2cn1. The van der Waals surface area contributed by atoms with Gasteiger partial charge in [0.15, 0.2) is 5.65 Å². The van der Waals surface area contributed by atoms with Gasteiger partial charge in [0.25, 0.3) is 0 Å². The zero-order chi connectivity index (χ0) is 12.4. The summed E-state index contributed by atoms with van der Waals surface area (Å²) in [5, 5.41) is 7.66. The van der Waals surface area contributed by atoms with Crippen molar-refractivity contribution in [1.82, 2.24) is 19.7 Å². The lowest BCUT2D eigenvalue weighted by Gasteiger charge is -2.03. The molecule has 92 valence electrons. The third-order valence-electron chi connectivity index (χ3n) is 2.66. The summed E-state index contributed by atoms with van der Waals surface area (Å²) in [4.78, 5) is 8.47. The lowest BCUT2D eigenvalue weighted by Crippen LogP contribution is -2.13. The van der Waals surface area contributed by atoms with Gasteiger partial charge >= 0.3 is 0 Å². The molecule has 18 heavy (non-hydrogen) atoms. The van der Waals surface area contributed by atoms with Gasteiger partial charge in [0.2, 0.25) is 0 Å². The van der Waals surface area contributed by atoms with E-state index in [1.807, 2.05) is 16.8 Å². The van der Waals surface area contributed by atoms with E-state index < -0.39 is 0 Å². The minimum atomic E-state index is 0.785. The molecule has 0 amide bonds. The van der Waals surface area contributed by atoms with E-state index in [1.165, 1.54) is 5.56 Å². The number of fused-ring (bicyclic) bond motifs is 1. The van der Waals surface area contributed by atoms with Gasteiger partial charge in [0.05, 0.1) is 18.1 Å². The number of nitrogens with one attached hydrogen (secondary N) is 1. The van der Waals surface area contributed by atoms with Crippen molar-refractivity contribution in [3.63, 3.8) is 0 Å². The van der Waals surface area contributed by atoms with Crippen LogP contribution in [0.2, 0.25) is 0 Å². The minimum Gasteiger partial charge on any atom is -0.307 e. The molecular formula is C12H11BrN4S. The van der Waals surface area contributed by atoms with Crippen LogP contribution in [0, 0.1) is 0 Å². The fourth-order valence-electron chi connectivity index (χ4n) is 1.77. The van der Waals surface area contributed by atoms with Gasteiger partial charge in [-0.15, -0.1) is 0 Å². The van der Waals surface area contributed by atoms with E-state index in [1.54, 1.807) is 17.5 Å². The summed E-state index contributed by atoms with van der Waals surface area (Å²) < 4.78 is 2.85. The van der Waals surface area contributed by atoms with Crippen molar-refractivity contribution in [1.29, 1.82) is 0 Å². The molecule has 0 aliphatic carbocycles. The Morgan fingerprint density at radius 2 is 2.22 bits per heavy atom. The van der Waals surface area contributed by atoms with Crippen LogP contribution >= 0.6 is 27.3 Å². The summed E-state index contributed by atoms with van der Waals surface area (Å²) >= 11 is 5.09. The van der Waals surface area contributed by atoms with Crippen molar-refractivity contribution in [3.8, 4) is 0 Å². The van der Waals surface area contributed by atoms with E-state index in [4.69, 9.17) is 0 Å². The number of imidazole rings is 1. The minimum absolute atomic E-state index is 0.785. The van der Waals surface area contributed by atoms with Gasteiger partial charge in [0.1, 0.15) is 4.60 Å². The smallest absolute Gasteiger partial charge is 0.155 e. The van der Waals surface area contributed by atoms with E-state index in [0.29, 0.717) is 0 Å². The van der Waals surface area contributed by atoms with E-state index in [-0.39, 0.29) is 0 Å². The summed E-state index contributed by atoms with van der Waals surface area (Å²) in [5.74, 6) is 0. The molecule has 0 spiro atoms. The van der Waals surface area contributed by atoms with Crippen LogP contribution in [0.5, 0.6) is 0 Å². The average molecular weight is 323 g/mol. The van der Waals surface area contributed by atoms with Crippen LogP contribution in [-0.4, -0.2) is 14.4 Å². The molecule has 1 N–H and O–H groups in total. The average Bonchev–Trinajstić information content (AvgIpc) is 2.99. The molecule has 0 aliphatic rings. The molecule has 0 saturated heterocycles. The summed E-state index contributed by atoms with van der Waals surface area (Å²) in [6, 6.07) is 2.13. The first-order valence-corrected chi connectivity index (χ1v) is 7.26. The molecule has 0 atom stereocenters. The summed E-state index contributed by atoms with van der Waals surface area (Å²) in [6.07, 6.45) is 5.57. The van der Waals surface area contributed by atoms with Crippen molar-refractivity contribution < 1.29 is 0 Å². The zero-order valence-electron chi connectivity index (χ0n) is 9.51. The first-order valence-electron chi connectivity index (χ1n) is 5.52. The van der Waals surface area contributed by atoms with Crippen LogP contribution in [0.3, 0.4) is 0 Å². The lowest BCUT2D eigenvalue weighted by atomic mass is 10.3. The maximum atomic E-state index is 4.32. The summed E-state index contributed by atoms with van der Waals surface area (Å²) in [5.41, 5.74) is 3.31. The number of halogens is 1. The molecule has 0 saturated carbocycles. The molecule has 0 aromatic carbocycles. The first-order chi connectivity index (χ1) is 8.83. The largest absolute Gasteiger partial charge is 0.307 e. The Balaban J connectivity index is 1.72. The van der Waals surface area contributed by atoms with Crippen LogP contribution in [0.4, 0.5) is 0 Å². The number of aromatic nitrogens is 3. The van der Waals surface area contributed by atoms with Gasteiger partial charge in [0, 0.05) is 19.3 Å². The number of nitrogens with zero attached hydrogens (tertiary/aromatic N) is 3. The number of hydrogen-bond donors (Lipinski definition) is 1. The maximum Gasteiger partial charge on any atom is 0.155 e. The van der Waals surface area contributed by atoms with Crippen molar-refractivity contribution in [2.75, 3.05) is 0 Å². The molecule has 0 fully saturated rings. The van der Waals surface area contributed by atoms with Crippen LogP contribution in [0.1, 0.15) is 11.3 Å². The third-order valence-corrected chi connectivity index (χ3v) is 3.80. The molecule has 3 aromatic heterocycles. The van der Waals surface area contributed by atoms with Gasteiger partial charge in [-0.2, -0.15) is 11.3 Å². The van der Waals surface area contributed by atoms with Crippen LogP contribution in [0.25, 0.3) is 5.65 Å². The topological polar surface area (TPSA) is 42.2 Å². The molecular weight excluding hydrogens is 312 g/mol. The molecule has 3 aromatic rings. The number of thiophene rings is 1. The van der Waals surface area contributed by atoms with Crippen LogP contribution < -0.4 is 5.32 Å². The highest BCUT2D eigenvalue weighted by atomic mass is 79.9. The van der Waals surface area contributed by atoms with Gasteiger partial charge in [-0.05, 0) is 38.3 Å². The van der Waals surface area contributed by atoms with Gasteiger partial charge in [-0.25, -0.2) is 9.97 Å². The molecule has 0 unspecified atom stereocenters. The lowest BCUT2D eigenvalue weighted by molar-refractivity contribution is 0.676. The molecule has 0 aliphatic heterocycles.